The average Bonchev–Trinajstić information content (AvgIpc) is 2.87. The maximum Gasteiger partial charge on any atom is 0.234 e. The third-order valence-electron chi connectivity index (χ3n) is 2.87. The van der Waals surface area contributed by atoms with Gasteiger partial charge < -0.3 is 9.88 Å². The second-order valence-electron chi connectivity index (χ2n) is 4.34. The highest BCUT2D eigenvalue weighted by atomic mass is 35.5. The number of aromatic nitrogens is 3. The maximum atomic E-state index is 11.9. The molecule has 0 aliphatic carbocycles. The van der Waals surface area contributed by atoms with Crippen molar-refractivity contribution in [3.05, 3.63) is 35.1 Å². The number of anilines is 1. The molecule has 0 saturated heterocycles. The van der Waals surface area contributed by atoms with E-state index in [2.05, 4.69) is 15.5 Å². The molecule has 1 amide bonds. The van der Waals surface area contributed by atoms with Crippen molar-refractivity contribution in [2.75, 3.05) is 11.1 Å². The molecule has 0 aliphatic rings. The molecule has 0 radical (unpaired) electrons. The summed E-state index contributed by atoms with van der Waals surface area (Å²) >= 11 is 7.27. The summed E-state index contributed by atoms with van der Waals surface area (Å²) in [6.45, 7) is 4.88. The number of aryl methyl sites for hydroxylation is 1. The van der Waals surface area contributed by atoms with Crippen molar-refractivity contribution in [1.29, 1.82) is 0 Å². The summed E-state index contributed by atoms with van der Waals surface area (Å²) in [5.41, 5.74) is 0.694. The van der Waals surface area contributed by atoms with Crippen molar-refractivity contribution in [3.8, 4) is 0 Å². The molecular formula is C14H17ClN4OS. The predicted molar refractivity (Wildman–Crippen MR) is 85.9 cm³/mol. The first-order valence-electron chi connectivity index (χ1n) is 6.74. The van der Waals surface area contributed by atoms with Crippen molar-refractivity contribution in [2.45, 2.75) is 32.0 Å². The van der Waals surface area contributed by atoms with E-state index in [1.54, 1.807) is 24.3 Å². The number of amides is 1. The van der Waals surface area contributed by atoms with Crippen LogP contribution in [0.4, 0.5) is 5.69 Å². The number of carbonyl (C=O) groups is 1. The molecule has 0 saturated carbocycles. The van der Waals surface area contributed by atoms with E-state index in [9.17, 15) is 4.79 Å². The van der Waals surface area contributed by atoms with Gasteiger partial charge in [0, 0.05) is 23.7 Å². The average molecular weight is 325 g/mol. The van der Waals surface area contributed by atoms with Gasteiger partial charge in [0.05, 0.1) is 5.75 Å². The van der Waals surface area contributed by atoms with Crippen molar-refractivity contribution >= 4 is 35.0 Å². The molecule has 1 aromatic carbocycles. The van der Waals surface area contributed by atoms with Gasteiger partial charge in [0.2, 0.25) is 5.91 Å². The van der Waals surface area contributed by atoms with E-state index in [1.165, 1.54) is 11.8 Å². The van der Waals surface area contributed by atoms with Crippen LogP contribution in [-0.2, 0) is 17.8 Å². The van der Waals surface area contributed by atoms with Crippen LogP contribution >= 0.6 is 23.4 Å². The van der Waals surface area contributed by atoms with Crippen LogP contribution in [0, 0.1) is 0 Å². The summed E-state index contributed by atoms with van der Waals surface area (Å²) < 4.78 is 2.03. The number of hydrogen-bond acceptors (Lipinski definition) is 4. The fraction of sp³-hybridized carbons (Fsp3) is 0.357. The molecule has 1 aromatic heterocycles. The maximum absolute atomic E-state index is 11.9. The molecule has 7 heteroatoms. The first kappa shape index (κ1) is 15.9. The van der Waals surface area contributed by atoms with Crippen molar-refractivity contribution in [2.24, 2.45) is 0 Å². The number of halogens is 1. The number of hydrogen-bond donors (Lipinski definition) is 1. The fourth-order valence-electron chi connectivity index (χ4n) is 1.90. The number of benzene rings is 1. The first-order chi connectivity index (χ1) is 10.1. The molecule has 0 aliphatic heterocycles. The van der Waals surface area contributed by atoms with Crippen LogP contribution in [0.15, 0.2) is 29.4 Å². The van der Waals surface area contributed by atoms with Gasteiger partial charge in [0.25, 0.3) is 0 Å². The molecule has 1 heterocycles. The highest BCUT2D eigenvalue weighted by Gasteiger charge is 2.12. The largest absolute Gasteiger partial charge is 0.325 e. The van der Waals surface area contributed by atoms with E-state index in [-0.39, 0.29) is 11.7 Å². The van der Waals surface area contributed by atoms with Gasteiger partial charge in [-0.1, -0.05) is 36.4 Å². The van der Waals surface area contributed by atoms with Gasteiger partial charge in [-0.15, -0.1) is 10.2 Å². The molecule has 0 bridgehead atoms. The van der Waals surface area contributed by atoms with Crippen molar-refractivity contribution in [1.82, 2.24) is 14.8 Å². The minimum atomic E-state index is -0.0917. The van der Waals surface area contributed by atoms with E-state index in [0.717, 1.165) is 23.9 Å². The van der Waals surface area contributed by atoms with Gasteiger partial charge in [-0.2, -0.15) is 0 Å². The Bertz CT molecular complexity index is 629. The van der Waals surface area contributed by atoms with Crippen molar-refractivity contribution < 1.29 is 4.79 Å². The lowest BCUT2D eigenvalue weighted by Crippen LogP contribution is -2.14. The van der Waals surface area contributed by atoms with E-state index < -0.39 is 0 Å². The van der Waals surface area contributed by atoms with Gasteiger partial charge in [0.15, 0.2) is 5.16 Å². The Kier molecular flexibility index (Phi) is 5.64. The van der Waals surface area contributed by atoms with Crippen LogP contribution in [0.2, 0.25) is 5.02 Å². The Labute approximate surface area is 133 Å². The molecule has 0 atom stereocenters. The molecule has 0 fully saturated rings. The molecule has 0 spiro atoms. The minimum Gasteiger partial charge on any atom is -0.325 e. The molecular weight excluding hydrogens is 308 g/mol. The lowest BCUT2D eigenvalue weighted by molar-refractivity contribution is -0.113. The second-order valence-corrected chi connectivity index (χ2v) is 5.72. The number of nitrogens with one attached hydrogen (secondary N) is 1. The fourth-order valence-corrected chi connectivity index (χ4v) is 2.91. The summed E-state index contributed by atoms with van der Waals surface area (Å²) in [6.07, 6.45) is 0.829. The van der Waals surface area contributed by atoms with Gasteiger partial charge in [-0.05, 0) is 25.1 Å². The van der Waals surface area contributed by atoms with Crippen LogP contribution in [0.25, 0.3) is 0 Å². The SMILES string of the molecule is CCc1nnc(SCC(=O)Nc2cccc(Cl)c2)n1CC. The molecule has 2 aromatic rings. The first-order valence-corrected chi connectivity index (χ1v) is 8.10. The van der Waals surface area contributed by atoms with Gasteiger partial charge in [-0.3, -0.25) is 4.79 Å². The molecule has 2 rings (SSSR count). The van der Waals surface area contributed by atoms with Crippen LogP contribution < -0.4 is 5.32 Å². The predicted octanol–water partition coefficient (Wildman–Crippen LogP) is 3.24. The Morgan fingerprint density at radius 3 is 2.86 bits per heavy atom. The zero-order valence-electron chi connectivity index (χ0n) is 12.0. The molecule has 0 unspecified atom stereocenters. The topological polar surface area (TPSA) is 59.8 Å². The monoisotopic (exact) mass is 324 g/mol. The molecule has 112 valence electrons. The van der Waals surface area contributed by atoms with Gasteiger partial charge in [0.1, 0.15) is 5.82 Å². The third kappa shape index (κ3) is 4.22. The van der Waals surface area contributed by atoms with E-state index in [0.29, 0.717) is 10.7 Å². The molecule has 1 N–H and O–H groups in total. The van der Waals surface area contributed by atoms with Crippen LogP contribution in [0.1, 0.15) is 19.7 Å². The van der Waals surface area contributed by atoms with E-state index >= 15 is 0 Å². The van der Waals surface area contributed by atoms with Crippen LogP contribution in [-0.4, -0.2) is 26.4 Å². The lowest BCUT2D eigenvalue weighted by Gasteiger charge is -2.07. The third-order valence-corrected chi connectivity index (χ3v) is 4.07. The summed E-state index contributed by atoms with van der Waals surface area (Å²) in [5, 5.41) is 12.4. The smallest absolute Gasteiger partial charge is 0.234 e. The summed E-state index contributed by atoms with van der Waals surface area (Å²) in [4.78, 5) is 11.9. The summed E-state index contributed by atoms with van der Waals surface area (Å²) in [7, 11) is 0. The number of rotatable bonds is 6. The van der Waals surface area contributed by atoms with Crippen LogP contribution in [0.5, 0.6) is 0 Å². The van der Waals surface area contributed by atoms with Crippen molar-refractivity contribution in [3.63, 3.8) is 0 Å². The number of nitrogens with zero attached hydrogens (tertiary/aromatic N) is 3. The standard InChI is InChI=1S/C14H17ClN4OS/c1-3-12-17-18-14(19(12)4-2)21-9-13(20)16-11-7-5-6-10(15)8-11/h5-8H,3-4,9H2,1-2H3,(H,16,20). The Morgan fingerprint density at radius 2 is 2.19 bits per heavy atom. The highest BCUT2D eigenvalue weighted by molar-refractivity contribution is 7.99. The zero-order valence-corrected chi connectivity index (χ0v) is 13.5. The Morgan fingerprint density at radius 1 is 1.38 bits per heavy atom. The summed E-state index contributed by atoms with van der Waals surface area (Å²) in [5.74, 6) is 1.13. The highest BCUT2D eigenvalue weighted by Crippen LogP contribution is 2.19. The minimum absolute atomic E-state index is 0.0917. The van der Waals surface area contributed by atoms with E-state index in [4.69, 9.17) is 11.6 Å². The lowest BCUT2D eigenvalue weighted by atomic mass is 10.3. The van der Waals surface area contributed by atoms with Crippen LogP contribution in [0.3, 0.4) is 0 Å². The summed E-state index contributed by atoms with van der Waals surface area (Å²) in [6, 6.07) is 7.08. The van der Waals surface area contributed by atoms with Gasteiger partial charge >= 0.3 is 0 Å². The quantitative estimate of drug-likeness (QED) is 0.829. The Balaban J connectivity index is 1.94. The zero-order chi connectivity index (χ0) is 15.2. The van der Waals surface area contributed by atoms with Gasteiger partial charge in [-0.25, -0.2) is 0 Å². The number of carbonyl (C=O) groups excluding carboxylic acids is 1. The number of thioether (sulfide) groups is 1. The Hall–Kier alpha value is -1.53. The normalized spacial score (nSPS) is 10.6. The molecule has 21 heavy (non-hydrogen) atoms. The molecule has 5 nitrogen and oxygen atoms in total. The second kappa shape index (κ2) is 7.47. The van der Waals surface area contributed by atoms with E-state index in [1.807, 2.05) is 18.4 Å².